The Kier molecular flexibility index (Phi) is 5.09. The van der Waals surface area contributed by atoms with Crippen molar-refractivity contribution in [3.05, 3.63) is 95.3 Å². The number of hydrogen-bond donors (Lipinski definition) is 0. The Labute approximate surface area is 153 Å². The summed E-state index contributed by atoms with van der Waals surface area (Å²) in [6.45, 7) is 4.07. The molecule has 5 heteroatoms. The molecule has 0 aromatic heterocycles. The summed E-state index contributed by atoms with van der Waals surface area (Å²) in [7, 11) is -3.91. The predicted molar refractivity (Wildman–Crippen MR) is 102 cm³/mol. The molecule has 3 rings (SSSR count). The molecule has 3 aromatic carbocycles. The third-order valence-electron chi connectivity index (χ3n) is 4.11. The minimum absolute atomic E-state index is 0.0641. The molecule has 3 aromatic rings. The topological polar surface area (TPSA) is 37.4 Å². The zero-order chi connectivity index (χ0) is 18.7. The zero-order valence-corrected chi connectivity index (χ0v) is 15.5. The van der Waals surface area contributed by atoms with E-state index >= 15 is 0 Å². The third kappa shape index (κ3) is 3.94. The van der Waals surface area contributed by atoms with Gasteiger partial charge in [-0.1, -0.05) is 53.6 Å². The van der Waals surface area contributed by atoms with Crippen molar-refractivity contribution in [2.75, 3.05) is 4.31 Å². The monoisotopic (exact) mass is 369 g/mol. The van der Waals surface area contributed by atoms with E-state index in [1.54, 1.807) is 12.1 Å². The number of halogens is 1. The molecular formula is C21H20FNO2S. The lowest BCUT2D eigenvalue weighted by Crippen LogP contribution is -2.30. The molecule has 26 heavy (non-hydrogen) atoms. The number of benzene rings is 3. The lowest BCUT2D eigenvalue weighted by Gasteiger charge is -2.25. The number of rotatable bonds is 5. The van der Waals surface area contributed by atoms with Crippen molar-refractivity contribution in [2.24, 2.45) is 0 Å². The van der Waals surface area contributed by atoms with Gasteiger partial charge in [-0.05, 0) is 49.7 Å². The molecule has 0 saturated heterocycles. The van der Waals surface area contributed by atoms with Crippen LogP contribution in [0.2, 0.25) is 0 Å². The molecule has 0 fully saturated rings. The second kappa shape index (κ2) is 7.30. The lowest BCUT2D eigenvalue weighted by atomic mass is 10.1. The SMILES string of the molecule is Cc1ccc(N(Cc2cccc(C)c2)S(=O)(=O)c2cccc(F)c2)cc1. The summed E-state index contributed by atoms with van der Waals surface area (Å²) in [6.07, 6.45) is 0. The van der Waals surface area contributed by atoms with E-state index < -0.39 is 15.8 Å². The average Bonchev–Trinajstić information content (AvgIpc) is 2.60. The molecule has 0 N–H and O–H groups in total. The van der Waals surface area contributed by atoms with Crippen molar-refractivity contribution in [3.63, 3.8) is 0 Å². The molecule has 0 atom stereocenters. The Morgan fingerprint density at radius 3 is 2.19 bits per heavy atom. The Hall–Kier alpha value is -2.66. The van der Waals surface area contributed by atoms with Crippen LogP contribution in [-0.4, -0.2) is 8.42 Å². The zero-order valence-electron chi connectivity index (χ0n) is 14.7. The highest BCUT2D eigenvalue weighted by Gasteiger charge is 2.25. The summed E-state index contributed by atoms with van der Waals surface area (Å²) in [5.41, 5.74) is 3.49. The van der Waals surface area contributed by atoms with Crippen LogP contribution in [0.5, 0.6) is 0 Å². The van der Waals surface area contributed by atoms with Crippen LogP contribution in [0.25, 0.3) is 0 Å². The Morgan fingerprint density at radius 2 is 1.54 bits per heavy atom. The van der Waals surface area contributed by atoms with Crippen LogP contribution in [0.3, 0.4) is 0 Å². The van der Waals surface area contributed by atoms with E-state index in [2.05, 4.69) is 0 Å². The lowest BCUT2D eigenvalue weighted by molar-refractivity contribution is 0.585. The molecule has 134 valence electrons. The fourth-order valence-corrected chi connectivity index (χ4v) is 4.24. The molecule has 0 bridgehead atoms. The first-order chi connectivity index (χ1) is 12.4. The maximum Gasteiger partial charge on any atom is 0.264 e. The van der Waals surface area contributed by atoms with Gasteiger partial charge in [-0.2, -0.15) is 0 Å². The smallest absolute Gasteiger partial charge is 0.262 e. The van der Waals surface area contributed by atoms with Crippen molar-refractivity contribution in [3.8, 4) is 0 Å². The summed E-state index contributed by atoms with van der Waals surface area (Å²) in [4.78, 5) is -0.0641. The van der Waals surface area contributed by atoms with Crippen molar-refractivity contribution in [1.29, 1.82) is 0 Å². The normalized spacial score (nSPS) is 11.3. The highest BCUT2D eigenvalue weighted by Crippen LogP contribution is 2.27. The van der Waals surface area contributed by atoms with Crippen molar-refractivity contribution >= 4 is 15.7 Å². The van der Waals surface area contributed by atoms with Gasteiger partial charge in [0.15, 0.2) is 0 Å². The second-order valence-corrected chi connectivity index (χ2v) is 8.16. The quantitative estimate of drug-likeness (QED) is 0.645. The molecule has 0 amide bonds. The van der Waals surface area contributed by atoms with E-state index in [0.717, 1.165) is 22.8 Å². The van der Waals surface area contributed by atoms with Gasteiger partial charge in [0.25, 0.3) is 10.0 Å². The molecule has 0 heterocycles. The molecule has 0 spiro atoms. The molecule has 0 saturated carbocycles. The van der Waals surface area contributed by atoms with Gasteiger partial charge in [0, 0.05) is 0 Å². The molecule has 0 unspecified atom stereocenters. The molecule has 0 aliphatic heterocycles. The Bertz CT molecular complexity index is 1010. The molecule has 3 nitrogen and oxygen atoms in total. The summed E-state index contributed by atoms with van der Waals surface area (Å²) in [5.74, 6) is -0.578. The Morgan fingerprint density at radius 1 is 0.846 bits per heavy atom. The summed E-state index contributed by atoms with van der Waals surface area (Å²) in [6, 6.07) is 20.0. The van der Waals surface area contributed by atoms with Gasteiger partial charge < -0.3 is 0 Å². The van der Waals surface area contributed by atoms with Gasteiger partial charge in [-0.15, -0.1) is 0 Å². The number of aryl methyl sites for hydroxylation is 2. The fraction of sp³-hybridized carbons (Fsp3) is 0.143. The van der Waals surface area contributed by atoms with Gasteiger partial charge >= 0.3 is 0 Å². The van der Waals surface area contributed by atoms with E-state index in [1.165, 1.54) is 22.5 Å². The summed E-state index contributed by atoms with van der Waals surface area (Å²) >= 11 is 0. The van der Waals surface area contributed by atoms with E-state index in [0.29, 0.717) is 5.69 Å². The van der Waals surface area contributed by atoms with Crippen molar-refractivity contribution < 1.29 is 12.8 Å². The summed E-state index contributed by atoms with van der Waals surface area (Å²) < 4.78 is 41.4. The first-order valence-electron chi connectivity index (χ1n) is 8.27. The molecule has 0 aliphatic rings. The van der Waals surface area contributed by atoms with E-state index in [4.69, 9.17) is 0 Å². The van der Waals surface area contributed by atoms with E-state index in [9.17, 15) is 12.8 Å². The van der Waals surface area contributed by atoms with Gasteiger partial charge in [0.1, 0.15) is 5.82 Å². The van der Waals surface area contributed by atoms with E-state index in [-0.39, 0.29) is 11.4 Å². The maximum absolute atomic E-state index is 13.6. The number of hydrogen-bond acceptors (Lipinski definition) is 2. The predicted octanol–water partition coefficient (Wildman–Crippen LogP) is 4.84. The third-order valence-corrected chi connectivity index (χ3v) is 5.88. The van der Waals surface area contributed by atoms with Gasteiger partial charge in [-0.3, -0.25) is 4.31 Å². The van der Waals surface area contributed by atoms with Crippen LogP contribution >= 0.6 is 0 Å². The first kappa shape index (κ1) is 18.1. The number of sulfonamides is 1. The summed E-state index contributed by atoms with van der Waals surface area (Å²) in [5, 5.41) is 0. The number of anilines is 1. The van der Waals surface area contributed by atoms with Crippen molar-refractivity contribution in [1.82, 2.24) is 0 Å². The van der Waals surface area contributed by atoms with E-state index in [1.807, 2.05) is 50.2 Å². The average molecular weight is 369 g/mol. The molecule has 0 radical (unpaired) electrons. The molecular weight excluding hydrogens is 349 g/mol. The highest BCUT2D eigenvalue weighted by atomic mass is 32.2. The standard InChI is InChI=1S/C21H20FNO2S/c1-16-9-11-20(12-10-16)23(15-18-6-3-5-17(2)13-18)26(24,25)21-8-4-7-19(22)14-21/h3-14H,15H2,1-2H3. The minimum atomic E-state index is -3.91. The highest BCUT2D eigenvalue weighted by molar-refractivity contribution is 7.92. The van der Waals surface area contributed by atoms with Crippen LogP contribution in [0, 0.1) is 19.7 Å². The Balaban J connectivity index is 2.09. The van der Waals surface area contributed by atoms with Crippen LogP contribution in [0.15, 0.2) is 77.7 Å². The second-order valence-electron chi connectivity index (χ2n) is 6.29. The maximum atomic E-state index is 13.6. The van der Waals surface area contributed by atoms with Crippen molar-refractivity contribution in [2.45, 2.75) is 25.3 Å². The number of nitrogens with zero attached hydrogens (tertiary/aromatic N) is 1. The van der Waals surface area contributed by atoms with Crippen LogP contribution in [0.4, 0.5) is 10.1 Å². The largest absolute Gasteiger partial charge is 0.264 e. The molecule has 0 aliphatic carbocycles. The first-order valence-corrected chi connectivity index (χ1v) is 9.71. The van der Waals surface area contributed by atoms with Crippen LogP contribution in [0.1, 0.15) is 16.7 Å². The van der Waals surface area contributed by atoms with Gasteiger partial charge in [-0.25, -0.2) is 12.8 Å². The minimum Gasteiger partial charge on any atom is -0.262 e. The van der Waals surface area contributed by atoms with Gasteiger partial charge in [0.05, 0.1) is 17.1 Å². The van der Waals surface area contributed by atoms with Gasteiger partial charge in [0.2, 0.25) is 0 Å². The fourth-order valence-electron chi connectivity index (χ4n) is 2.76. The van der Waals surface area contributed by atoms with Crippen LogP contribution in [-0.2, 0) is 16.6 Å². The van der Waals surface area contributed by atoms with Crippen LogP contribution < -0.4 is 4.31 Å².